The molecule has 4 rings (SSSR count). The molecule has 0 radical (unpaired) electrons. The van der Waals surface area contributed by atoms with Gasteiger partial charge in [0.1, 0.15) is 11.4 Å². The fourth-order valence-electron chi connectivity index (χ4n) is 4.19. The van der Waals surface area contributed by atoms with Crippen LogP contribution in [0.5, 0.6) is 5.75 Å². The van der Waals surface area contributed by atoms with Crippen LogP contribution in [0.3, 0.4) is 0 Å². The van der Waals surface area contributed by atoms with Crippen LogP contribution in [0.15, 0.2) is 54.6 Å². The molecule has 1 saturated heterocycles. The summed E-state index contributed by atoms with van der Waals surface area (Å²) in [5.41, 5.74) is 3.94. The van der Waals surface area contributed by atoms with Crippen molar-refractivity contribution in [1.29, 1.82) is 0 Å². The molecule has 0 unspecified atom stereocenters. The van der Waals surface area contributed by atoms with E-state index in [4.69, 9.17) is 4.74 Å². The van der Waals surface area contributed by atoms with E-state index < -0.39 is 0 Å². The van der Waals surface area contributed by atoms with Crippen molar-refractivity contribution in [1.82, 2.24) is 10.2 Å². The molecule has 0 aliphatic carbocycles. The van der Waals surface area contributed by atoms with Gasteiger partial charge in [-0.2, -0.15) is 0 Å². The Morgan fingerprint density at radius 1 is 1.03 bits per heavy atom. The second-order valence-corrected chi connectivity index (χ2v) is 7.53. The number of benzene rings is 2. The zero-order valence-corrected chi connectivity index (χ0v) is 17.9. The summed E-state index contributed by atoms with van der Waals surface area (Å²) in [6.45, 7) is 7.40. The molecule has 1 fully saturated rings. The van der Waals surface area contributed by atoms with E-state index in [2.05, 4.69) is 41.7 Å². The summed E-state index contributed by atoms with van der Waals surface area (Å²) in [6, 6.07) is 16.3. The Balaban J connectivity index is 0.00000240. The lowest BCUT2D eigenvalue weighted by atomic mass is 9.83. The molecular formula is C24H29ClN2O2. The SMILES string of the molecule is CCN(CC)C(=O)c1ccc(C2=CC3(CCNCC3)Oc3ccccc32)cc1.Cl. The molecule has 0 bridgehead atoms. The Kier molecular flexibility index (Phi) is 6.66. The van der Waals surface area contributed by atoms with Gasteiger partial charge in [-0.1, -0.05) is 30.3 Å². The van der Waals surface area contributed by atoms with E-state index in [9.17, 15) is 4.79 Å². The number of ether oxygens (including phenoxy) is 1. The number of fused-ring (bicyclic) bond motifs is 1. The molecule has 0 aromatic heterocycles. The molecule has 0 atom stereocenters. The lowest BCUT2D eigenvalue weighted by molar-refractivity contribution is 0.0772. The molecule has 2 aromatic rings. The van der Waals surface area contributed by atoms with Gasteiger partial charge in [0.15, 0.2) is 0 Å². The molecular weight excluding hydrogens is 384 g/mol. The smallest absolute Gasteiger partial charge is 0.253 e. The van der Waals surface area contributed by atoms with Crippen molar-refractivity contribution in [2.75, 3.05) is 26.2 Å². The molecule has 2 aliphatic heterocycles. The van der Waals surface area contributed by atoms with Crippen molar-refractivity contribution in [3.05, 3.63) is 71.3 Å². The van der Waals surface area contributed by atoms with Crippen molar-refractivity contribution in [3.63, 3.8) is 0 Å². The number of nitrogens with one attached hydrogen (secondary N) is 1. The van der Waals surface area contributed by atoms with E-state index in [1.165, 1.54) is 5.57 Å². The second-order valence-electron chi connectivity index (χ2n) is 7.53. The van der Waals surface area contributed by atoms with Crippen molar-refractivity contribution in [2.24, 2.45) is 0 Å². The van der Waals surface area contributed by atoms with E-state index in [1.54, 1.807) is 0 Å². The van der Waals surface area contributed by atoms with Crippen molar-refractivity contribution >= 4 is 23.9 Å². The molecule has 5 heteroatoms. The number of nitrogens with zero attached hydrogens (tertiary/aromatic N) is 1. The molecule has 1 N–H and O–H groups in total. The number of rotatable bonds is 4. The largest absolute Gasteiger partial charge is 0.482 e. The van der Waals surface area contributed by atoms with Gasteiger partial charge in [-0.15, -0.1) is 12.4 Å². The Labute approximate surface area is 179 Å². The average Bonchev–Trinajstić information content (AvgIpc) is 2.74. The maximum Gasteiger partial charge on any atom is 0.253 e. The van der Waals surface area contributed by atoms with Gasteiger partial charge in [-0.3, -0.25) is 4.79 Å². The summed E-state index contributed by atoms with van der Waals surface area (Å²) in [4.78, 5) is 14.5. The van der Waals surface area contributed by atoms with Crippen LogP contribution in [0.4, 0.5) is 0 Å². The van der Waals surface area contributed by atoms with Gasteiger partial charge >= 0.3 is 0 Å². The van der Waals surface area contributed by atoms with Crippen LogP contribution in [0.25, 0.3) is 5.57 Å². The van der Waals surface area contributed by atoms with Gasteiger partial charge in [-0.05, 0) is 62.3 Å². The first-order valence-electron chi connectivity index (χ1n) is 10.3. The van der Waals surface area contributed by atoms with Crippen molar-refractivity contribution in [3.8, 4) is 5.75 Å². The van der Waals surface area contributed by atoms with E-state index in [0.717, 1.165) is 61.5 Å². The molecule has 1 spiro atoms. The number of carbonyl (C=O) groups is 1. The van der Waals surface area contributed by atoms with Crippen LogP contribution in [-0.2, 0) is 0 Å². The normalized spacial score (nSPS) is 16.8. The second kappa shape index (κ2) is 9.02. The maximum absolute atomic E-state index is 12.6. The average molecular weight is 413 g/mol. The number of hydrogen-bond donors (Lipinski definition) is 1. The monoisotopic (exact) mass is 412 g/mol. The first-order valence-corrected chi connectivity index (χ1v) is 10.3. The molecule has 4 nitrogen and oxygen atoms in total. The van der Waals surface area contributed by atoms with Crippen LogP contribution in [0.1, 0.15) is 48.2 Å². The Bertz CT molecular complexity index is 882. The fraction of sp³-hybridized carbons (Fsp3) is 0.375. The predicted molar refractivity (Wildman–Crippen MR) is 120 cm³/mol. The molecule has 29 heavy (non-hydrogen) atoms. The third-order valence-electron chi connectivity index (χ3n) is 5.84. The fourth-order valence-corrected chi connectivity index (χ4v) is 4.19. The number of para-hydroxylation sites is 1. The number of halogens is 1. The zero-order chi connectivity index (χ0) is 19.6. The van der Waals surface area contributed by atoms with Gasteiger partial charge in [0.05, 0.1) is 0 Å². The van der Waals surface area contributed by atoms with Gasteiger partial charge in [0, 0.05) is 37.1 Å². The first kappa shape index (κ1) is 21.4. The third kappa shape index (κ3) is 4.19. The summed E-state index contributed by atoms with van der Waals surface area (Å²) in [7, 11) is 0. The minimum Gasteiger partial charge on any atom is -0.482 e. The van der Waals surface area contributed by atoms with Crippen molar-refractivity contribution < 1.29 is 9.53 Å². The summed E-state index contributed by atoms with van der Waals surface area (Å²) in [6.07, 6.45) is 4.23. The van der Waals surface area contributed by atoms with Gasteiger partial charge in [0.25, 0.3) is 5.91 Å². The van der Waals surface area contributed by atoms with E-state index in [1.807, 2.05) is 36.9 Å². The van der Waals surface area contributed by atoms with Gasteiger partial charge in [-0.25, -0.2) is 0 Å². The van der Waals surface area contributed by atoms with E-state index >= 15 is 0 Å². The van der Waals surface area contributed by atoms with E-state index in [-0.39, 0.29) is 23.9 Å². The summed E-state index contributed by atoms with van der Waals surface area (Å²) < 4.78 is 6.46. The highest BCUT2D eigenvalue weighted by Crippen LogP contribution is 2.42. The molecule has 0 saturated carbocycles. The van der Waals surface area contributed by atoms with Crippen LogP contribution < -0.4 is 10.1 Å². The maximum atomic E-state index is 12.6. The van der Waals surface area contributed by atoms with Gasteiger partial charge in [0.2, 0.25) is 0 Å². The lowest BCUT2D eigenvalue weighted by Gasteiger charge is -2.40. The summed E-state index contributed by atoms with van der Waals surface area (Å²) >= 11 is 0. The summed E-state index contributed by atoms with van der Waals surface area (Å²) in [5, 5.41) is 3.43. The van der Waals surface area contributed by atoms with Gasteiger partial charge < -0.3 is 15.0 Å². The first-order chi connectivity index (χ1) is 13.7. The number of hydrogen-bond acceptors (Lipinski definition) is 3. The Hall–Kier alpha value is -2.30. The molecule has 154 valence electrons. The topological polar surface area (TPSA) is 41.6 Å². The van der Waals surface area contributed by atoms with Crippen LogP contribution in [0, 0.1) is 0 Å². The molecule has 2 heterocycles. The number of piperidine rings is 1. The van der Waals surface area contributed by atoms with Crippen LogP contribution in [0.2, 0.25) is 0 Å². The zero-order valence-electron chi connectivity index (χ0n) is 17.1. The highest BCUT2D eigenvalue weighted by Gasteiger charge is 2.36. The van der Waals surface area contributed by atoms with Crippen LogP contribution in [-0.4, -0.2) is 42.6 Å². The predicted octanol–water partition coefficient (Wildman–Crippen LogP) is 4.54. The third-order valence-corrected chi connectivity index (χ3v) is 5.84. The molecule has 1 amide bonds. The number of carbonyl (C=O) groups excluding carboxylic acids is 1. The van der Waals surface area contributed by atoms with E-state index in [0.29, 0.717) is 0 Å². The molecule has 2 aromatic carbocycles. The van der Waals surface area contributed by atoms with Crippen molar-refractivity contribution in [2.45, 2.75) is 32.3 Å². The highest BCUT2D eigenvalue weighted by molar-refractivity contribution is 5.95. The minimum absolute atomic E-state index is 0. The standard InChI is InChI=1S/C24H28N2O2.ClH/c1-3-26(4-2)23(27)19-11-9-18(10-12-19)21-17-24(13-15-25-16-14-24)28-22-8-6-5-7-20(21)22;/h5-12,17,25H,3-4,13-16H2,1-2H3;1H. The Morgan fingerprint density at radius 2 is 1.69 bits per heavy atom. The summed E-state index contributed by atoms with van der Waals surface area (Å²) in [5.74, 6) is 1.04. The minimum atomic E-state index is -0.245. The Morgan fingerprint density at radius 3 is 2.34 bits per heavy atom. The quantitative estimate of drug-likeness (QED) is 0.801. The lowest BCUT2D eigenvalue weighted by Crippen LogP contribution is -2.46. The number of amides is 1. The van der Waals surface area contributed by atoms with Crippen LogP contribution >= 0.6 is 12.4 Å². The molecule has 2 aliphatic rings. The highest BCUT2D eigenvalue weighted by atomic mass is 35.5.